The van der Waals surface area contributed by atoms with Gasteiger partial charge < -0.3 is 65.3 Å². The van der Waals surface area contributed by atoms with Crippen molar-refractivity contribution in [3.63, 3.8) is 0 Å². The quantitative estimate of drug-likeness (QED) is 0.0359. The van der Waals surface area contributed by atoms with Crippen LogP contribution in [0, 0.1) is 0 Å². The zero-order valence-corrected chi connectivity index (χ0v) is 45.6. The van der Waals surface area contributed by atoms with E-state index in [9.17, 15) is 58.5 Å². The van der Waals surface area contributed by atoms with Gasteiger partial charge in [0, 0.05) is 78.5 Å². The van der Waals surface area contributed by atoms with Gasteiger partial charge in [-0.3, -0.25) is 38.7 Å². The van der Waals surface area contributed by atoms with Crippen LogP contribution < -0.4 is 21.3 Å². The molecule has 0 atom stereocenters. The van der Waals surface area contributed by atoms with Crippen molar-refractivity contribution in [3.8, 4) is 0 Å². The van der Waals surface area contributed by atoms with E-state index in [1.165, 1.54) is 24.5 Å². The van der Waals surface area contributed by atoms with Gasteiger partial charge >= 0.3 is 42.3 Å². The highest BCUT2D eigenvalue weighted by Crippen LogP contribution is 2.11. The Morgan fingerprint density at radius 1 is 0.329 bits per heavy atom. The van der Waals surface area contributed by atoms with Crippen LogP contribution in [0.5, 0.6) is 0 Å². The first-order chi connectivity index (χ1) is 33.6. The van der Waals surface area contributed by atoms with E-state index in [2.05, 4.69) is 21.3 Å². The second-order valence-corrected chi connectivity index (χ2v) is 21.5. The molecule has 25 nitrogen and oxygen atoms in total. The number of carboxylic acids is 3. The topological polar surface area (TPSA) is 316 Å². The SMILES string of the molecule is CC(C)(C)OC(=O)NCCCCN(CCCNC(=O)OC(C)(C)C)C(=O)CN(CCN(CCN(CC(=O)O)CC(=O)N(CCCCNC(=O)OC(C)(C)C)CCCNC(=O)OC(C)(C)C)CC(=O)O)CC(=O)O. The monoisotopic (exact) mass is 1050 g/mol. The molecule has 6 amide bonds. The van der Waals surface area contributed by atoms with Crippen molar-refractivity contribution < 1.29 is 77.4 Å². The number of carboxylic acid groups (broad SMARTS) is 3. The normalized spacial score (nSPS) is 11.9. The van der Waals surface area contributed by atoms with Gasteiger partial charge in [-0.25, -0.2) is 19.2 Å². The third-order valence-corrected chi connectivity index (χ3v) is 9.56. The fourth-order valence-corrected chi connectivity index (χ4v) is 6.56. The van der Waals surface area contributed by atoms with Gasteiger partial charge in [-0.05, 0) is 122 Å². The van der Waals surface area contributed by atoms with Gasteiger partial charge in [0.1, 0.15) is 22.4 Å². The molecule has 25 heteroatoms. The van der Waals surface area contributed by atoms with E-state index in [-0.39, 0.29) is 91.6 Å². The summed E-state index contributed by atoms with van der Waals surface area (Å²) in [6.07, 6.45) is 0.107. The van der Waals surface area contributed by atoms with Gasteiger partial charge in [-0.15, -0.1) is 0 Å². The molecule has 0 fully saturated rings. The summed E-state index contributed by atoms with van der Waals surface area (Å²) in [5.74, 6) is -4.57. The third kappa shape index (κ3) is 40.5. The minimum Gasteiger partial charge on any atom is -0.480 e. The number of carbonyl (C=O) groups is 9. The van der Waals surface area contributed by atoms with Crippen molar-refractivity contribution in [1.82, 2.24) is 45.8 Å². The first kappa shape index (κ1) is 67.3. The average Bonchev–Trinajstić information content (AvgIpc) is 3.19. The Balaban J connectivity index is 6.05. The lowest BCUT2D eigenvalue weighted by Crippen LogP contribution is -2.48. The highest BCUT2D eigenvalue weighted by molar-refractivity contribution is 5.80. The summed E-state index contributed by atoms with van der Waals surface area (Å²) in [7, 11) is 0. The molecule has 0 saturated heterocycles. The molecule has 0 aromatic rings. The highest BCUT2D eigenvalue weighted by atomic mass is 16.6. The molecule has 0 heterocycles. The van der Waals surface area contributed by atoms with Crippen molar-refractivity contribution in [3.05, 3.63) is 0 Å². The van der Waals surface area contributed by atoms with Crippen LogP contribution in [0.15, 0.2) is 0 Å². The maximum Gasteiger partial charge on any atom is 0.407 e. The van der Waals surface area contributed by atoms with E-state index in [1.54, 1.807) is 83.1 Å². The highest BCUT2D eigenvalue weighted by Gasteiger charge is 2.25. The number of carbonyl (C=O) groups excluding carboxylic acids is 6. The average molecular weight is 1050 g/mol. The van der Waals surface area contributed by atoms with E-state index in [0.29, 0.717) is 38.5 Å². The summed E-state index contributed by atoms with van der Waals surface area (Å²) < 4.78 is 21.1. The Bertz CT molecular complexity index is 1630. The molecule has 422 valence electrons. The standard InChI is InChI=1S/C48H89N9O16/c1-45(2,3)70-41(66)49-19-13-15-23-56(25-17-21-51-43(68)72-47(7,8)9)36(58)31-54(34-39(62)63)29-27-53(33-38(60)61)28-30-55(35-40(64)65)32-37(59)57(26-18-22-52-44(69)73-48(10,11)12)24-16-14-20-50-42(67)71-46(4,5)6/h13-35H2,1-12H3,(H,49,66)(H,50,67)(H,51,68)(H,52,69)(H,60,61)(H,62,63)(H,64,65). The van der Waals surface area contributed by atoms with E-state index in [0.717, 1.165) is 0 Å². The fraction of sp³-hybridized carbons (Fsp3) is 0.812. The Morgan fingerprint density at radius 3 is 0.822 bits per heavy atom. The van der Waals surface area contributed by atoms with Crippen molar-refractivity contribution in [1.29, 1.82) is 0 Å². The summed E-state index contributed by atoms with van der Waals surface area (Å²) >= 11 is 0. The largest absolute Gasteiger partial charge is 0.480 e. The van der Waals surface area contributed by atoms with Crippen molar-refractivity contribution in [2.45, 2.75) is 144 Å². The molecule has 0 aliphatic carbocycles. The van der Waals surface area contributed by atoms with Crippen LogP contribution in [0.3, 0.4) is 0 Å². The van der Waals surface area contributed by atoms with Crippen molar-refractivity contribution >= 4 is 54.1 Å². The van der Waals surface area contributed by atoms with Gasteiger partial charge in [0.25, 0.3) is 0 Å². The van der Waals surface area contributed by atoms with Crippen LogP contribution >= 0.6 is 0 Å². The van der Waals surface area contributed by atoms with Crippen LogP contribution in [0.25, 0.3) is 0 Å². The second kappa shape index (κ2) is 33.9. The number of hydrogen-bond acceptors (Lipinski definition) is 16. The van der Waals surface area contributed by atoms with Gasteiger partial charge in [0.2, 0.25) is 11.8 Å². The third-order valence-electron chi connectivity index (χ3n) is 9.56. The number of ether oxygens (including phenoxy) is 4. The minimum atomic E-state index is -1.24. The lowest BCUT2D eigenvalue weighted by molar-refractivity contribution is -0.141. The lowest BCUT2D eigenvalue weighted by atomic mass is 10.2. The van der Waals surface area contributed by atoms with Gasteiger partial charge in [-0.2, -0.15) is 0 Å². The van der Waals surface area contributed by atoms with Crippen LogP contribution in [-0.2, 0) is 42.9 Å². The lowest BCUT2D eigenvalue weighted by Gasteiger charge is -2.30. The molecule has 0 rings (SSSR count). The van der Waals surface area contributed by atoms with Crippen LogP contribution in [-0.4, -0.2) is 228 Å². The molecule has 0 aromatic carbocycles. The Morgan fingerprint density at radius 2 is 0.562 bits per heavy atom. The predicted molar refractivity (Wildman–Crippen MR) is 270 cm³/mol. The summed E-state index contributed by atoms with van der Waals surface area (Å²) in [4.78, 5) is 120. The Kier molecular flexibility index (Phi) is 31.3. The van der Waals surface area contributed by atoms with Gasteiger partial charge in [0.05, 0.1) is 32.7 Å². The van der Waals surface area contributed by atoms with Gasteiger partial charge in [0.15, 0.2) is 0 Å². The Hall–Kier alpha value is -5.69. The van der Waals surface area contributed by atoms with Crippen LogP contribution in [0.4, 0.5) is 19.2 Å². The maximum atomic E-state index is 13.8. The number of hydrogen-bond donors (Lipinski definition) is 7. The zero-order valence-electron chi connectivity index (χ0n) is 45.6. The molecule has 0 unspecified atom stereocenters. The minimum absolute atomic E-state index is 0.0496. The molecule has 0 aliphatic rings. The second-order valence-electron chi connectivity index (χ2n) is 21.5. The summed E-state index contributed by atoms with van der Waals surface area (Å²) in [6, 6.07) is 0. The number of rotatable bonds is 34. The molecule has 0 radical (unpaired) electrons. The zero-order chi connectivity index (χ0) is 56.0. The molecular formula is C48H89N9O16. The number of nitrogens with zero attached hydrogens (tertiary/aromatic N) is 5. The Labute approximate surface area is 431 Å². The van der Waals surface area contributed by atoms with Crippen molar-refractivity contribution in [2.24, 2.45) is 0 Å². The molecule has 0 bridgehead atoms. The molecule has 0 saturated carbocycles. The number of alkyl carbamates (subject to hydrolysis) is 4. The van der Waals surface area contributed by atoms with E-state index < -0.39 is 96.1 Å². The van der Waals surface area contributed by atoms with Crippen LogP contribution in [0.2, 0.25) is 0 Å². The van der Waals surface area contributed by atoms with Crippen molar-refractivity contribution in [2.75, 3.05) is 111 Å². The molecule has 0 spiro atoms. The number of unbranched alkanes of at least 4 members (excludes halogenated alkanes) is 2. The molecule has 0 aliphatic heterocycles. The van der Waals surface area contributed by atoms with Gasteiger partial charge in [-0.1, -0.05) is 0 Å². The number of amides is 6. The summed E-state index contributed by atoms with van der Waals surface area (Å²) in [6.45, 7) is 19.9. The van der Waals surface area contributed by atoms with E-state index in [1.807, 2.05) is 0 Å². The molecular weight excluding hydrogens is 959 g/mol. The van der Waals surface area contributed by atoms with E-state index in [4.69, 9.17) is 18.9 Å². The van der Waals surface area contributed by atoms with E-state index >= 15 is 0 Å². The first-order valence-electron chi connectivity index (χ1n) is 24.9. The number of nitrogens with one attached hydrogen (secondary N) is 4. The number of aliphatic carboxylic acids is 3. The summed E-state index contributed by atoms with van der Waals surface area (Å²) in [5.41, 5.74) is -2.81. The summed E-state index contributed by atoms with van der Waals surface area (Å²) in [5, 5.41) is 40.1. The first-order valence-corrected chi connectivity index (χ1v) is 24.9. The smallest absolute Gasteiger partial charge is 0.407 e. The molecule has 73 heavy (non-hydrogen) atoms. The molecule has 7 N–H and O–H groups in total. The maximum absolute atomic E-state index is 13.8. The molecule has 0 aromatic heterocycles. The fourth-order valence-electron chi connectivity index (χ4n) is 6.56. The predicted octanol–water partition coefficient (Wildman–Crippen LogP) is 3.24. The van der Waals surface area contributed by atoms with Crippen LogP contribution in [0.1, 0.15) is 122 Å².